The van der Waals surface area contributed by atoms with Crippen molar-refractivity contribution >= 4 is 11.9 Å². The molecule has 0 unspecified atom stereocenters. The Bertz CT molecular complexity index is 383. The Kier molecular flexibility index (Phi) is 3.53. The van der Waals surface area contributed by atoms with E-state index in [2.05, 4.69) is 15.3 Å². The second kappa shape index (κ2) is 5.09. The molecule has 1 saturated heterocycles. The van der Waals surface area contributed by atoms with Gasteiger partial charge in [0, 0.05) is 52.7 Å². The van der Waals surface area contributed by atoms with Crippen molar-refractivity contribution in [2.75, 3.05) is 45.2 Å². The van der Waals surface area contributed by atoms with E-state index in [9.17, 15) is 4.79 Å². The fourth-order valence-electron chi connectivity index (χ4n) is 1.71. The zero-order valence-corrected chi connectivity index (χ0v) is 10.2. The number of nitrogens with zero attached hydrogens (tertiary/aromatic N) is 4. The van der Waals surface area contributed by atoms with Gasteiger partial charge >= 0.3 is 0 Å². The van der Waals surface area contributed by atoms with Crippen molar-refractivity contribution in [2.24, 2.45) is 0 Å². The molecular formula is C11H17N5O. The average molecular weight is 235 g/mol. The lowest BCUT2D eigenvalue weighted by Crippen LogP contribution is -2.46. The van der Waals surface area contributed by atoms with Gasteiger partial charge in [0.15, 0.2) is 0 Å². The first-order valence-electron chi connectivity index (χ1n) is 5.68. The molecule has 0 aliphatic carbocycles. The lowest BCUT2D eigenvalue weighted by Gasteiger charge is -2.27. The van der Waals surface area contributed by atoms with Crippen LogP contribution in [0.5, 0.6) is 0 Å². The second-order valence-corrected chi connectivity index (χ2v) is 4.21. The summed E-state index contributed by atoms with van der Waals surface area (Å²) in [4.78, 5) is 24.0. The van der Waals surface area contributed by atoms with Crippen LogP contribution in [0, 0.1) is 0 Å². The van der Waals surface area contributed by atoms with Crippen molar-refractivity contribution in [3.05, 3.63) is 18.0 Å². The number of amides is 1. The molecule has 0 radical (unpaired) electrons. The summed E-state index contributed by atoms with van der Waals surface area (Å²) in [5.41, 5.74) is 0.553. The molecule has 1 N–H and O–H groups in total. The monoisotopic (exact) mass is 235 g/mol. The van der Waals surface area contributed by atoms with Gasteiger partial charge in [0.25, 0.3) is 5.91 Å². The standard InChI is InChI=1S/C11H17N5O/c1-15(2)11-13-7-9(8-14-11)10(17)16-5-3-12-4-6-16/h7-8,12H,3-6H2,1-2H3. The zero-order valence-electron chi connectivity index (χ0n) is 10.2. The van der Waals surface area contributed by atoms with Gasteiger partial charge in [-0.05, 0) is 0 Å². The van der Waals surface area contributed by atoms with Crippen LogP contribution in [0.2, 0.25) is 0 Å². The lowest BCUT2D eigenvalue weighted by atomic mass is 10.2. The molecule has 2 heterocycles. The van der Waals surface area contributed by atoms with E-state index in [1.54, 1.807) is 17.3 Å². The largest absolute Gasteiger partial charge is 0.347 e. The van der Waals surface area contributed by atoms with Gasteiger partial charge < -0.3 is 15.1 Å². The summed E-state index contributed by atoms with van der Waals surface area (Å²) in [6, 6.07) is 0. The quantitative estimate of drug-likeness (QED) is 0.755. The molecule has 1 fully saturated rings. The molecule has 1 aromatic rings. The number of anilines is 1. The molecule has 1 aromatic heterocycles. The Hall–Kier alpha value is -1.69. The van der Waals surface area contributed by atoms with Crippen LogP contribution in [0.15, 0.2) is 12.4 Å². The summed E-state index contributed by atoms with van der Waals surface area (Å²) in [5, 5.41) is 3.21. The third-order valence-electron chi connectivity index (χ3n) is 2.69. The van der Waals surface area contributed by atoms with E-state index in [1.807, 2.05) is 19.0 Å². The molecule has 0 spiro atoms. The third kappa shape index (κ3) is 2.71. The average Bonchev–Trinajstić information content (AvgIpc) is 2.39. The van der Waals surface area contributed by atoms with Crippen molar-refractivity contribution in [1.82, 2.24) is 20.2 Å². The molecule has 0 saturated carbocycles. The molecule has 6 heteroatoms. The fraction of sp³-hybridized carbons (Fsp3) is 0.545. The van der Waals surface area contributed by atoms with E-state index in [0.29, 0.717) is 11.5 Å². The first-order chi connectivity index (χ1) is 8.18. The minimum Gasteiger partial charge on any atom is -0.347 e. The maximum Gasteiger partial charge on any atom is 0.257 e. The highest BCUT2D eigenvalue weighted by atomic mass is 16.2. The summed E-state index contributed by atoms with van der Waals surface area (Å²) in [6.07, 6.45) is 3.18. The molecule has 0 atom stereocenters. The summed E-state index contributed by atoms with van der Waals surface area (Å²) in [7, 11) is 3.74. The normalized spacial score (nSPS) is 15.8. The Morgan fingerprint density at radius 2 is 1.88 bits per heavy atom. The van der Waals surface area contributed by atoms with Crippen LogP contribution in [0.4, 0.5) is 5.95 Å². The van der Waals surface area contributed by atoms with Crippen LogP contribution in [0.3, 0.4) is 0 Å². The molecule has 6 nitrogen and oxygen atoms in total. The highest BCUT2D eigenvalue weighted by Crippen LogP contribution is 2.07. The molecule has 0 aromatic carbocycles. The Morgan fingerprint density at radius 3 is 2.41 bits per heavy atom. The van der Waals surface area contributed by atoms with E-state index in [4.69, 9.17) is 0 Å². The van der Waals surface area contributed by atoms with Gasteiger partial charge in [0.05, 0.1) is 5.56 Å². The van der Waals surface area contributed by atoms with Crippen LogP contribution in [-0.2, 0) is 0 Å². The minimum atomic E-state index is 0.0109. The minimum absolute atomic E-state index is 0.0109. The SMILES string of the molecule is CN(C)c1ncc(C(=O)N2CCNCC2)cn1. The maximum atomic E-state index is 12.1. The Balaban J connectivity index is 2.08. The molecule has 17 heavy (non-hydrogen) atoms. The lowest BCUT2D eigenvalue weighted by molar-refractivity contribution is 0.0735. The summed E-state index contributed by atoms with van der Waals surface area (Å²) >= 11 is 0. The van der Waals surface area contributed by atoms with Crippen LogP contribution < -0.4 is 10.2 Å². The van der Waals surface area contributed by atoms with Gasteiger partial charge in [-0.2, -0.15) is 0 Å². The number of piperazine rings is 1. The number of hydrogen-bond donors (Lipinski definition) is 1. The highest BCUT2D eigenvalue weighted by molar-refractivity contribution is 5.93. The van der Waals surface area contributed by atoms with Gasteiger partial charge in [0.1, 0.15) is 0 Å². The Labute approximate surface area is 101 Å². The second-order valence-electron chi connectivity index (χ2n) is 4.21. The zero-order chi connectivity index (χ0) is 12.3. The van der Waals surface area contributed by atoms with E-state index in [1.165, 1.54) is 0 Å². The number of hydrogen-bond acceptors (Lipinski definition) is 5. The third-order valence-corrected chi connectivity index (χ3v) is 2.69. The molecule has 1 aliphatic rings. The van der Waals surface area contributed by atoms with Crippen LogP contribution in [0.25, 0.3) is 0 Å². The maximum absolute atomic E-state index is 12.1. The van der Waals surface area contributed by atoms with Gasteiger partial charge in [-0.25, -0.2) is 9.97 Å². The van der Waals surface area contributed by atoms with Gasteiger partial charge in [0.2, 0.25) is 5.95 Å². The van der Waals surface area contributed by atoms with Gasteiger partial charge in [-0.15, -0.1) is 0 Å². The number of rotatable bonds is 2. The molecule has 1 aliphatic heterocycles. The molecule has 92 valence electrons. The van der Waals surface area contributed by atoms with Crippen molar-refractivity contribution in [2.45, 2.75) is 0 Å². The van der Waals surface area contributed by atoms with Crippen molar-refractivity contribution in [3.63, 3.8) is 0 Å². The Morgan fingerprint density at radius 1 is 1.29 bits per heavy atom. The predicted molar refractivity (Wildman–Crippen MR) is 65.1 cm³/mol. The van der Waals surface area contributed by atoms with Crippen LogP contribution in [-0.4, -0.2) is 61.0 Å². The number of carbonyl (C=O) groups excluding carboxylic acids is 1. The highest BCUT2D eigenvalue weighted by Gasteiger charge is 2.18. The molecular weight excluding hydrogens is 218 g/mol. The number of nitrogens with one attached hydrogen (secondary N) is 1. The smallest absolute Gasteiger partial charge is 0.257 e. The molecule has 0 bridgehead atoms. The first kappa shape index (κ1) is 11.8. The predicted octanol–water partition coefficient (Wildman–Crippen LogP) is -0.412. The van der Waals surface area contributed by atoms with Crippen molar-refractivity contribution in [3.8, 4) is 0 Å². The van der Waals surface area contributed by atoms with Crippen molar-refractivity contribution in [1.29, 1.82) is 0 Å². The number of carbonyl (C=O) groups is 1. The van der Waals surface area contributed by atoms with Gasteiger partial charge in [-0.1, -0.05) is 0 Å². The fourth-order valence-corrected chi connectivity index (χ4v) is 1.71. The van der Waals surface area contributed by atoms with E-state index >= 15 is 0 Å². The van der Waals surface area contributed by atoms with E-state index < -0.39 is 0 Å². The van der Waals surface area contributed by atoms with Crippen molar-refractivity contribution < 1.29 is 4.79 Å². The van der Waals surface area contributed by atoms with E-state index in [-0.39, 0.29) is 5.91 Å². The van der Waals surface area contributed by atoms with Crippen LogP contribution in [0.1, 0.15) is 10.4 Å². The number of aromatic nitrogens is 2. The van der Waals surface area contributed by atoms with E-state index in [0.717, 1.165) is 26.2 Å². The summed E-state index contributed by atoms with van der Waals surface area (Å²) < 4.78 is 0. The first-order valence-corrected chi connectivity index (χ1v) is 5.68. The van der Waals surface area contributed by atoms with Crippen LogP contribution >= 0.6 is 0 Å². The summed E-state index contributed by atoms with van der Waals surface area (Å²) in [6.45, 7) is 3.19. The molecule has 1 amide bonds. The van der Waals surface area contributed by atoms with Gasteiger partial charge in [-0.3, -0.25) is 4.79 Å². The summed E-state index contributed by atoms with van der Waals surface area (Å²) in [5.74, 6) is 0.624. The topological polar surface area (TPSA) is 61.4 Å². The molecule has 2 rings (SSSR count).